The number of benzene rings is 1. The fourth-order valence-electron chi connectivity index (χ4n) is 1.89. The summed E-state index contributed by atoms with van der Waals surface area (Å²) in [5.74, 6) is -1.22. The van der Waals surface area contributed by atoms with Crippen LogP contribution in [0.4, 0.5) is 5.69 Å². The highest BCUT2D eigenvalue weighted by molar-refractivity contribution is 5.98. The Labute approximate surface area is 123 Å². The standard InChI is InChI=1S/C14H20N2O5/c1-14(2,3)11(21-4)8-15-13(18)9-6-5-7-10(12(9)17)16(19)20/h5-7,11,17H,8H2,1-4H3,(H,15,18)/t11-/m1/s1. The molecule has 0 saturated carbocycles. The van der Waals surface area contributed by atoms with E-state index in [9.17, 15) is 20.0 Å². The predicted octanol–water partition coefficient (Wildman–Crippen LogP) is 2.09. The normalized spacial score (nSPS) is 12.8. The van der Waals surface area contributed by atoms with Crippen LogP contribution >= 0.6 is 0 Å². The van der Waals surface area contributed by atoms with Gasteiger partial charge in [0.05, 0.1) is 16.6 Å². The number of nitrogens with one attached hydrogen (secondary N) is 1. The van der Waals surface area contributed by atoms with Gasteiger partial charge < -0.3 is 15.2 Å². The second kappa shape index (κ2) is 6.53. The van der Waals surface area contributed by atoms with Crippen molar-refractivity contribution in [2.75, 3.05) is 13.7 Å². The molecular formula is C14H20N2O5. The fourth-order valence-corrected chi connectivity index (χ4v) is 1.89. The van der Waals surface area contributed by atoms with Crippen LogP contribution in [-0.4, -0.2) is 35.7 Å². The monoisotopic (exact) mass is 296 g/mol. The molecule has 1 rings (SSSR count). The smallest absolute Gasteiger partial charge is 0.311 e. The van der Waals surface area contributed by atoms with Gasteiger partial charge in [0.1, 0.15) is 0 Å². The summed E-state index contributed by atoms with van der Waals surface area (Å²) in [5.41, 5.74) is -0.804. The summed E-state index contributed by atoms with van der Waals surface area (Å²) in [4.78, 5) is 22.0. The average Bonchev–Trinajstić information content (AvgIpc) is 2.37. The lowest BCUT2D eigenvalue weighted by Crippen LogP contribution is -2.40. The van der Waals surface area contributed by atoms with Gasteiger partial charge in [0.25, 0.3) is 5.91 Å². The first-order valence-electron chi connectivity index (χ1n) is 6.45. The zero-order chi connectivity index (χ0) is 16.2. The molecule has 0 radical (unpaired) electrons. The highest BCUT2D eigenvalue weighted by Gasteiger charge is 2.26. The molecule has 0 spiro atoms. The minimum Gasteiger partial charge on any atom is -0.502 e. The van der Waals surface area contributed by atoms with Crippen LogP contribution in [-0.2, 0) is 4.74 Å². The van der Waals surface area contributed by atoms with Crippen molar-refractivity contribution in [3.05, 3.63) is 33.9 Å². The van der Waals surface area contributed by atoms with E-state index in [0.717, 1.165) is 6.07 Å². The second-order valence-corrected chi connectivity index (χ2v) is 5.73. The van der Waals surface area contributed by atoms with Crippen LogP contribution in [0.2, 0.25) is 0 Å². The summed E-state index contributed by atoms with van der Waals surface area (Å²) >= 11 is 0. The minimum absolute atomic E-state index is 0.132. The van der Waals surface area contributed by atoms with Gasteiger partial charge in [-0.2, -0.15) is 0 Å². The number of aromatic hydroxyl groups is 1. The van der Waals surface area contributed by atoms with E-state index in [2.05, 4.69) is 5.32 Å². The van der Waals surface area contributed by atoms with Crippen molar-refractivity contribution in [2.45, 2.75) is 26.9 Å². The van der Waals surface area contributed by atoms with Crippen LogP contribution in [0.5, 0.6) is 5.75 Å². The Balaban J connectivity index is 2.86. The van der Waals surface area contributed by atoms with Gasteiger partial charge in [0, 0.05) is 19.7 Å². The minimum atomic E-state index is -0.737. The molecule has 0 aliphatic rings. The molecule has 1 aromatic rings. The van der Waals surface area contributed by atoms with Crippen LogP contribution in [0.1, 0.15) is 31.1 Å². The maximum Gasteiger partial charge on any atom is 0.311 e. The molecule has 0 aromatic heterocycles. The summed E-state index contributed by atoms with van der Waals surface area (Å²) in [5, 5.41) is 23.1. The van der Waals surface area contributed by atoms with Crippen molar-refractivity contribution in [3.8, 4) is 5.75 Å². The highest BCUT2D eigenvalue weighted by Crippen LogP contribution is 2.29. The molecule has 2 N–H and O–H groups in total. The van der Waals surface area contributed by atoms with Crippen molar-refractivity contribution in [3.63, 3.8) is 0 Å². The molecule has 21 heavy (non-hydrogen) atoms. The molecule has 0 fully saturated rings. The Morgan fingerprint density at radius 1 is 1.48 bits per heavy atom. The Morgan fingerprint density at radius 3 is 2.57 bits per heavy atom. The van der Waals surface area contributed by atoms with Crippen LogP contribution in [0.15, 0.2) is 18.2 Å². The Hall–Kier alpha value is -2.15. The maximum absolute atomic E-state index is 12.0. The summed E-state index contributed by atoms with van der Waals surface area (Å²) in [6.45, 7) is 6.15. The third-order valence-electron chi connectivity index (χ3n) is 3.15. The molecule has 1 amide bonds. The number of nitrogens with zero attached hydrogens (tertiary/aromatic N) is 1. The number of para-hydroxylation sites is 1. The molecule has 0 aliphatic heterocycles. The van der Waals surface area contributed by atoms with Gasteiger partial charge in [0.15, 0.2) is 0 Å². The first-order valence-corrected chi connectivity index (χ1v) is 6.45. The van der Waals surface area contributed by atoms with Gasteiger partial charge in [-0.1, -0.05) is 26.8 Å². The lowest BCUT2D eigenvalue weighted by molar-refractivity contribution is -0.385. The number of nitro benzene ring substituents is 1. The molecule has 7 nitrogen and oxygen atoms in total. The summed E-state index contributed by atoms with van der Waals surface area (Å²) < 4.78 is 5.31. The number of rotatable bonds is 5. The first kappa shape index (κ1) is 16.9. The maximum atomic E-state index is 12.0. The van der Waals surface area contributed by atoms with E-state index in [1.807, 2.05) is 20.8 Å². The molecule has 7 heteroatoms. The number of amides is 1. The van der Waals surface area contributed by atoms with Crippen molar-refractivity contribution < 1.29 is 19.6 Å². The van der Waals surface area contributed by atoms with Gasteiger partial charge in [-0.25, -0.2) is 0 Å². The van der Waals surface area contributed by atoms with Gasteiger partial charge in [-0.05, 0) is 11.5 Å². The zero-order valence-corrected chi connectivity index (χ0v) is 12.5. The van der Waals surface area contributed by atoms with E-state index < -0.39 is 22.3 Å². The Morgan fingerprint density at radius 2 is 2.10 bits per heavy atom. The van der Waals surface area contributed by atoms with E-state index >= 15 is 0 Å². The first-order chi connectivity index (χ1) is 9.68. The Kier molecular flexibility index (Phi) is 5.26. The van der Waals surface area contributed by atoms with Crippen molar-refractivity contribution in [2.24, 2.45) is 5.41 Å². The van der Waals surface area contributed by atoms with Crippen molar-refractivity contribution >= 4 is 11.6 Å². The SMILES string of the molecule is CO[C@H](CNC(=O)c1cccc([N+](=O)[O-])c1O)C(C)(C)C. The van der Waals surface area contributed by atoms with E-state index in [4.69, 9.17) is 4.74 Å². The molecule has 0 bridgehead atoms. The lowest BCUT2D eigenvalue weighted by Gasteiger charge is -2.29. The number of ether oxygens (including phenoxy) is 1. The highest BCUT2D eigenvalue weighted by atomic mass is 16.6. The molecule has 116 valence electrons. The van der Waals surface area contributed by atoms with E-state index in [1.54, 1.807) is 7.11 Å². The van der Waals surface area contributed by atoms with Crippen LogP contribution in [0, 0.1) is 15.5 Å². The molecular weight excluding hydrogens is 276 g/mol. The van der Waals surface area contributed by atoms with E-state index in [-0.39, 0.29) is 23.6 Å². The molecule has 0 aliphatic carbocycles. The number of phenolic OH excluding ortho intramolecular Hbond substituents is 1. The number of carbonyl (C=O) groups excluding carboxylic acids is 1. The molecule has 0 heterocycles. The van der Waals surface area contributed by atoms with Gasteiger partial charge in [0.2, 0.25) is 5.75 Å². The third-order valence-corrected chi connectivity index (χ3v) is 3.15. The summed E-state index contributed by atoms with van der Waals surface area (Å²) in [7, 11) is 1.55. The van der Waals surface area contributed by atoms with Gasteiger partial charge >= 0.3 is 5.69 Å². The largest absolute Gasteiger partial charge is 0.502 e. The number of phenols is 1. The molecule has 1 atom stereocenters. The topological polar surface area (TPSA) is 102 Å². The predicted molar refractivity (Wildman–Crippen MR) is 77.3 cm³/mol. The third kappa shape index (κ3) is 4.16. The number of hydrogen-bond donors (Lipinski definition) is 2. The van der Waals surface area contributed by atoms with E-state index in [1.165, 1.54) is 12.1 Å². The van der Waals surface area contributed by atoms with Gasteiger partial charge in [-0.3, -0.25) is 14.9 Å². The summed E-state index contributed by atoms with van der Waals surface area (Å²) in [6, 6.07) is 3.82. The molecule has 0 saturated heterocycles. The number of carbonyl (C=O) groups is 1. The number of nitro groups is 1. The van der Waals surface area contributed by atoms with Gasteiger partial charge in [-0.15, -0.1) is 0 Å². The van der Waals surface area contributed by atoms with Crippen LogP contribution in [0.3, 0.4) is 0 Å². The Bertz CT molecular complexity index is 537. The second-order valence-electron chi connectivity index (χ2n) is 5.73. The fraction of sp³-hybridized carbons (Fsp3) is 0.500. The van der Waals surface area contributed by atoms with Crippen LogP contribution in [0.25, 0.3) is 0 Å². The number of hydrogen-bond acceptors (Lipinski definition) is 5. The van der Waals surface area contributed by atoms with Crippen molar-refractivity contribution in [1.82, 2.24) is 5.32 Å². The number of methoxy groups -OCH3 is 1. The van der Waals surface area contributed by atoms with Crippen molar-refractivity contribution in [1.29, 1.82) is 0 Å². The summed E-state index contributed by atoms with van der Waals surface area (Å²) in [6.07, 6.45) is -0.220. The average molecular weight is 296 g/mol. The van der Waals surface area contributed by atoms with E-state index in [0.29, 0.717) is 0 Å². The van der Waals surface area contributed by atoms with Crippen LogP contribution < -0.4 is 5.32 Å². The molecule has 0 unspecified atom stereocenters. The zero-order valence-electron chi connectivity index (χ0n) is 12.5. The lowest BCUT2D eigenvalue weighted by atomic mass is 9.89. The quantitative estimate of drug-likeness (QED) is 0.640. The molecule has 1 aromatic carbocycles.